The summed E-state index contributed by atoms with van der Waals surface area (Å²) in [7, 11) is 4.01. The van der Waals surface area contributed by atoms with Gasteiger partial charge in [-0.3, -0.25) is 0 Å². The Balaban J connectivity index is 1.57. The molecule has 0 radical (unpaired) electrons. The van der Waals surface area contributed by atoms with E-state index in [0.717, 1.165) is 67.9 Å². The van der Waals surface area contributed by atoms with Crippen LogP contribution in [0.5, 0.6) is 0 Å². The van der Waals surface area contributed by atoms with Crippen molar-refractivity contribution in [3.8, 4) is 0 Å². The standard InChI is InChI=1S/C22H32N10/c1-22(2,3)21-25-17(31-10-6-8-15(31)19-27-23-13-29(19)4)12-18(26-21)32-11-7-9-16(32)20-28-24-14-30(20)5/h12-16H,6-11H2,1-5H3/t15-,16-/m1/s1. The van der Waals surface area contributed by atoms with Gasteiger partial charge in [-0.05, 0) is 25.7 Å². The van der Waals surface area contributed by atoms with Crippen LogP contribution in [0.3, 0.4) is 0 Å². The first kappa shape index (κ1) is 20.8. The maximum Gasteiger partial charge on any atom is 0.155 e. The average molecular weight is 437 g/mol. The van der Waals surface area contributed by atoms with Crippen molar-refractivity contribution < 1.29 is 0 Å². The van der Waals surface area contributed by atoms with Gasteiger partial charge in [-0.15, -0.1) is 20.4 Å². The topological polar surface area (TPSA) is 93.7 Å². The van der Waals surface area contributed by atoms with Gasteiger partial charge in [-0.2, -0.15) is 0 Å². The molecule has 0 spiro atoms. The highest BCUT2D eigenvalue weighted by Crippen LogP contribution is 2.39. The molecule has 5 rings (SSSR count). The molecule has 10 heteroatoms. The molecule has 0 saturated carbocycles. The van der Waals surface area contributed by atoms with Crippen molar-refractivity contribution in [3.63, 3.8) is 0 Å². The number of hydrogen-bond acceptors (Lipinski definition) is 8. The van der Waals surface area contributed by atoms with E-state index >= 15 is 0 Å². The smallest absolute Gasteiger partial charge is 0.155 e. The summed E-state index contributed by atoms with van der Waals surface area (Å²) in [6.07, 6.45) is 7.84. The number of anilines is 2. The lowest BCUT2D eigenvalue weighted by molar-refractivity contribution is 0.538. The van der Waals surface area contributed by atoms with Gasteiger partial charge in [0.1, 0.15) is 30.1 Å². The Labute approximate surface area is 188 Å². The first-order valence-corrected chi connectivity index (χ1v) is 11.4. The van der Waals surface area contributed by atoms with Crippen LogP contribution in [0.25, 0.3) is 0 Å². The van der Waals surface area contributed by atoms with E-state index in [2.05, 4.69) is 57.0 Å². The number of nitrogens with zero attached hydrogens (tertiary/aromatic N) is 10. The van der Waals surface area contributed by atoms with E-state index in [1.807, 2.05) is 23.2 Å². The Morgan fingerprint density at radius 3 is 1.62 bits per heavy atom. The molecule has 170 valence electrons. The van der Waals surface area contributed by atoms with Crippen molar-refractivity contribution in [3.05, 3.63) is 36.2 Å². The molecule has 0 amide bonds. The first-order chi connectivity index (χ1) is 15.3. The SMILES string of the molecule is Cn1cnnc1[C@H]1CCCN1c1cc(N2CCC[C@@H]2c2nncn2C)nc(C(C)(C)C)n1. The minimum Gasteiger partial charge on any atom is -0.346 e. The largest absolute Gasteiger partial charge is 0.346 e. The molecule has 2 atom stereocenters. The van der Waals surface area contributed by atoms with Crippen LogP contribution in [0.15, 0.2) is 18.7 Å². The molecule has 10 nitrogen and oxygen atoms in total. The minimum absolute atomic E-state index is 0.162. The molecule has 0 aromatic carbocycles. The van der Waals surface area contributed by atoms with Crippen molar-refractivity contribution in [1.82, 2.24) is 39.5 Å². The molecule has 2 aliphatic rings. The Hall–Kier alpha value is -3.04. The van der Waals surface area contributed by atoms with E-state index in [1.165, 1.54) is 0 Å². The van der Waals surface area contributed by atoms with Gasteiger partial charge in [0.15, 0.2) is 11.6 Å². The van der Waals surface area contributed by atoms with Crippen molar-refractivity contribution in [2.24, 2.45) is 14.1 Å². The third-order valence-corrected chi connectivity index (χ3v) is 6.55. The van der Waals surface area contributed by atoms with Gasteiger partial charge in [-0.25, -0.2) is 9.97 Å². The third kappa shape index (κ3) is 3.61. The summed E-state index contributed by atoms with van der Waals surface area (Å²) in [5.41, 5.74) is -0.162. The van der Waals surface area contributed by atoms with E-state index in [0.29, 0.717) is 0 Å². The van der Waals surface area contributed by atoms with Gasteiger partial charge >= 0.3 is 0 Å². The predicted molar refractivity (Wildman–Crippen MR) is 121 cm³/mol. The van der Waals surface area contributed by atoms with Gasteiger partial charge in [0.05, 0.1) is 12.1 Å². The highest BCUT2D eigenvalue weighted by molar-refractivity contribution is 5.54. The summed E-state index contributed by atoms with van der Waals surface area (Å²) in [4.78, 5) is 14.8. The molecule has 32 heavy (non-hydrogen) atoms. The van der Waals surface area contributed by atoms with Crippen LogP contribution >= 0.6 is 0 Å². The molecule has 5 heterocycles. The predicted octanol–water partition coefficient (Wildman–Crippen LogP) is 2.71. The van der Waals surface area contributed by atoms with Crippen LogP contribution in [0, 0.1) is 0 Å². The molecule has 0 unspecified atom stereocenters. The van der Waals surface area contributed by atoms with Crippen molar-refractivity contribution in [1.29, 1.82) is 0 Å². The second-order valence-corrected chi connectivity index (χ2v) is 9.96. The summed E-state index contributed by atoms with van der Waals surface area (Å²) in [5.74, 6) is 4.76. The van der Waals surface area contributed by atoms with Crippen molar-refractivity contribution in [2.75, 3.05) is 22.9 Å². The molecule has 2 aliphatic heterocycles. The van der Waals surface area contributed by atoms with Gasteiger partial charge < -0.3 is 18.9 Å². The number of rotatable bonds is 4. The van der Waals surface area contributed by atoms with E-state index in [4.69, 9.17) is 9.97 Å². The molecule has 0 N–H and O–H groups in total. The number of aryl methyl sites for hydroxylation is 2. The second-order valence-electron chi connectivity index (χ2n) is 9.96. The lowest BCUT2D eigenvalue weighted by atomic mass is 9.95. The highest BCUT2D eigenvalue weighted by Gasteiger charge is 2.35. The molecule has 3 aromatic heterocycles. The van der Waals surface area contributed by atoms with E-state index in [1.54, 1.807) is 12.7 Å². The number of hydrogen-bond donors (Lipinski definition) is 0. The van der Waals surface area contributed by atoms with E-state index in [9.17, 15) is 0 Å². The zero-order chi connectivity index (χ0) is 22.5. The van der Waals surface area contributed by atoms with E-state index in [-0.39, 0.29) is 17.5 Å². The Morgan fingerprint density at radius 1 is 0.781 bits per heavy atom. The van der Waals surface area contributed by atoms with Crippen LogP contribution < -0.4 is 9.80 Å². The normalized spacial score (nSPS) is 21.7. The molecule has 2 fully saturated rings. The zero-order valence-corrected chi connectivity index (χ0v) is 19.6. The van der Waals surface area contributed by atoms with Crippen LogP contribution in [-0.4, -0.2) is 52.6 Å². The molecule has 3 aromatic rings. The fraction of sp³-hybridized carbons (Fsp3) is 0.636. The van der Waals surface area contributed by atoms with Crippen molar-refractivity contribution in [2.45, 2.75) is 64.0 Å². The lowest BCUT2D eigenvalue weighted by Crippen LogP contribution is -2.30. The monoisotopic (exact) mass is 436 g/mol. The zero-order valence-electron chi connectivity index (χ0n) is 19.6. The van der Waals surface area contributed by atoms with Gasteiger partial charge in [-0.1, -0.05) is 20.8 Å². The van der Waals surface area contributed by atoms with Crippen LogP contribution in [-0.2, 0) is 19.5 Å². The fourth-order valence-corrected chi connectivity index (χ4v) is 4.86. The van der Waals surface area contributed by atoms with Crippen molar-refractivity contribution >= 4 is 11.6 Å². The van der Waals surface area contributed by atoms with Crippen LogP contribution in [0.2, 0.25) is 0 Å². The van der Waals surface area contributed by atoms with Gasteiger partial charge in [0.25, 0.3) is 0 Å². The van der Waals surface area contributed by atoms with Crippen LogP contribution in [0.1, 0.15) is 76.0 Å². The maximum atomic E-state index is 5.05. The van der Waals surface area contributed by atoms with E-state index < -0.39 is 0 Å². The summed E-state index contributed by atoms with van der Waals surface area (Å²) in [6.45, 7) is 8.41. The molecular formula is C22H32N10. The summed E-state index contributed by atoms with van der Waals surface area (Å²) in [6, 6.07) is 2.50. The third-order valence-electron chi connectivity index (χ3n) is 6.55. The molecule has 2 saturated heterocycles. The Kier molecular flexibility index (Phi) is 5.10. The highest BCUT2D eigenvalue weighted by atomic mass is 15.3. The van der Waals surface area contributed by atoms with Crippen LogP contribution in [0.4, 0.5) is 11.6 Å². The second kappa shape index (κ2) is 7.83. The lowest BCUT2D eigenvalue weighted by Gasteiger charge is -2.30. The summed E-state index contributed by atoms with van der Waals surface area (Å²) >= 11 is 0. The summed E-state index contributed by atoms with van der Waals surface area (Å²) in [5, 5.41) is 17.0. The molecule has 0 bridgehead atoms. The quantitative estimate of drug-likeness (QED) is 0.616. The molecular weight excluding hydrogens is 404 g/mol. The first-order valence-electron chi connectivity index (χ1n) is 11.4. The maximum absolute atomic E-state index is 5.05. The van der Waals surface area contributed by atoms with Gasteiger partial charge in [0, 0.05) is 38.7 Å². The average Bonchev–Trinajstić information content (AvgIpc) is 3.53. The summed E-state index contributed by atoms with van der Waals surface area (Å²) < 4.78 is 4.03. The fourth-order valence-electron chi connectivity index (χ4n) is 4.86. The minimum atomic E-state index is -0.162. The number of aromatic nitrogens is 8. The van der Waals surface area contributed by atoms with Gasteiger partial charge in [0.2, 0.25) is 0 Å². The molecule has 0 aliphatic carbocycles. The Morgan fingerprint density at radius 2 is 1.25 bits per heavy atom. The Bertz CT molecular complexity index is 1020.